The van der Waals surface area contributed by atoms with Crippen molar-refractivity contribution in [2.24, 2.45) is 0 Å². The summed E-state index contributed by atoms with van der Waals surface area (Å²) in [5.74, 6) is 0. The minimum Gasteiger partial charge on any atom is -0.0864 e. The summed E-state index contributed by atoms with van der Waals surface area (Å²) < 4.78 is 1.26. The molecular weight excluding hydrogens is 267 g/mol. The quantitative estimate of drug-likeness (QED) is 0.421. The molecule has 0 rings (SSSR count). The predicted molar refractivity (Wildman–Crippen MR) is 46.2 cm³/mol. The van der Waals surface area contributed by atoms with E-state index in [0.717, 1.165) is 0 Å². The highest BCUT2D eigenvalue weighted by Gasteiger charge is 1.74. The van der Waals surface area contributed by atoms with Crippen LogP contribution in [0.4, 0.5) is 0 Å². The molecule has 0 aromatic rings. The van der Waals surface area contributed by atoms with Gasteiger partial charge < -0.3 is 0 Å². The molecule has 7 heavy (non-hydrogen) atoms. The highest BCUT2D eigenvalue weighted by molar-refractivity contribution is 14.1. The fourth-order valence-electron chi connectivity index (χ4n) is 0.258. The van der Waals surface area contributed by atoms with E-state index in [0.29, 0.717) is 0 Å². The first kappa shape index (κ1) is 7.95. The van der Waals surface area contributed by atoms with Crippen LogP contribution in [0.1, 0.15) is 12.8 Å². The van der Waals surface area contributed by atoms with E-state index in [4.69, 9.17) is 0 Å². The lowest BCUT2D eigenvalue weighted by molar-refractivity contribution is 0.988. The van der Waals surface area contributed by atoms with Gasteiger partial charge in [0.05, 0.1) is 0 Å². The van der Waals surface area contributed by atoms with Gasteiger partial charge in [-0.15, -0.1) is 0 Å². The third kappa shape index (κ3) is 6.95. The van der Waals surface area contributed by atoms with Gasteiger partial charge in [-0.25, -0.2) is 0 Å². The van der Waals surface area contributed by atoms with Crippen molar-refractivity contribution < 1.29 is 0 Å². The molecule has 0 aromatic carbocycles. The molecule has 0 radical (unpaired) electrons. The lowest BCUT2D eigenvalue weighted by Gasteiger charge is -1.82. The molecule has 0 nitrogen and oxygen atoms in total. The SMILES string of the molecule is BrC=CCCCI. The first-order chi connectivity index (χ1) is 3.41. The molecule has 0 heterocycles. The second-order valence-corrected chi connectivity index (χ2v) is 2.80. The molecule has 0 amide bonds. The molecule has 0 atom stereocenters. The van der Waals surface area contributed by atoms with Crippen molar-refractivity contribution in [2.75, 3.05) is 4.43 Å². The number of alkyl halides is 1. The Bertz CT molecular complexity index is 52.0. The van der Waals surface area contributed by atoms with Crippen LogP contribution < -0.4 is 0 Å². The number of rotatable bonds is 3. The van der Waals surface area contributed by atoms with Crippen LogP contribution in [0.25, 0.3) is 0 Å². The summed E-state index contributed by atoms with van der Waals surface area (Å²) in [6.07, 6.45) is 4.62. The Morgan fingerprint density at radius 1 is 1.57 bits per heavy atom. The second kappa shape index (κ2) is 6.95. The minimum atomic E-state index is 1.20. The van der Waals surface area contributed by atoms with E-state index in [1.54, 1.807) is 0 Å². The van der Waals surface area contributed by atoms with Gasteiger partial charge in [0.1, 0.15) is 0 Å². The topological polar surface area (TPSA) is 0 Å². The first-order valence-corrected chi connectivity index (χ1v) is 4.67. The Morgan fingerprint density at radius 3 is 2.71 bits per heavy atom. The molecule has 0 spiro atoms. The van der Waals surface area contributed by atoms with Gasteiger partial charge in [-0.05, 0) is 22.3 Å². The molecule has 0 aliphatic carbocycles. The average Bonchev–Trinajstić information content (AvgIpc) is 1.69. The Kier molecular flexibility index (Phi) is 7.89. The van der Waals surface area contributed by atoms with E-state index < -0.39 is 0 Å². The molecule has 42 valence electrons. The normalized spacial score (nSPS) is 10.6. The number of allylic oxidation sites excluding steroid dienone is 1. The van der Waals surface area contributed by atoms with E-state index in [2.05, 4.69) is 44.6 Å². The highest BCUT2D eigenvalue weighted by atomic mass is 127. The van der Waals surface area contributed by atoms with Gasteiger partial charge in [0.2, 0.25) is 0 Å². The van der Waals surface area contributed by atoms with Crippen molar-refractivity contribution in [1.29, 1.82) is 0 Å². The number of hydrogen-bond acceptors (Lipinski definition) is 0. The summed E-state index contributed by atoms with van der Waals surface area (Å²) in [6.45, 7) is 0. The van der Waals surface area contributed by atoms with Crippen LogP contribution in [0.2, 0.25) is 0 Å². The summed E-state index contributed by atoms with van der Waals surface area (Å²) in [5.41, 5.74) is 0. The van der Waals surface area contributed by atoms with Crippen LogP contribution in [-0.2, 0) is 0 Å². The van der Waals surface area contributed by atoms with Crippen molar-refractivity contribution in [3.8, 4) is 0 Å². The lowest BCUT2D eigenvalue weighted by Crippen LogP contribution is -1.67. The Balaban J connectivity index is 2.69. The molecule has 0 bridgehead atoms. The van der Waals surface area contributed by atoms with Gasteiger partial charge in [0.15, 0.2) is 0 Å². The van der Waals surface area contributed by atoms with Crippen molar-refractivity contribution in [3.05, 3.63) is 11.1 Å². The predicted octanol–water partition coefficient (Wildman–Crippen LogP) is 3.11. The van der Waals surface area contributed by atoms with E-state index in [-0.39, 0.29) is 0 Å². The maximum atomic E-state index is 3.20. The molecule has 0 fully saturated rings. The summed E-state index contributed by atoms with van der Waals surface area (Å²) in [6, 6.07) is 0. The first-order valence-electron chi connectivity index (χ1n) is 2.23. The van der Waals surface area contributed by atoms with Crippen molar-refractivity contribution in [3.63, 3.8) is 0 Å². The zero-order chi connectivity index (χ0) is 5.54. The van der Waals surface area contributed by atoms with Crippen LogP contribution in [0.5, 0.6) is 0 Å². The second-order valence-electron chi connectivity index (χ2n) is 1.19. The lowest BCUT2D eigenvalue weighted by atomic mass is 10.3. The van der Waals surface area contributed by atoms with Crippen LogP contribution in [0.3, 0.4) is 0 Å². The van der Waals surface area contributed by atoms with Crippen molar-refractivity contribution >= 4 is 38.5 Å². The maximum Gasteiger partial charge on any atom is -0.000178 e. The van der Waals surface area contributed by atoms with E-state index in [1.165, 1.54) is 17.3 Å². The van der Waals surface area contributed by atoms with Gasteiger partial charge in [0.25, 0.3) is 0 Å². The van der Waals surface area contributed by atoms with Crippen molar-refractivity contribution in [2.45, 2.75) is 12.8 Å². The molecular formula is C5H8BrI. The molecule has 0 aliphatic heterocycles. The maximum absolute atomic E-state index is 3.20. The number of hydrogen-bond donors (Lipinski definition) is 0. The molecule has 0 aliphatic rings. The zero-order valence-electron chi connectivity index (χ0n) is 4.03. The summed E-state index contributed by atoms with van der Waals surface area (Å²) >= 11 is 5.57. The third-order valence-electron chi connectivity index (χ3n) is 0.594. The fourth-order valence-corrected chi connectivity index (χ4v) is 0.963. The van der Waals surface area contributed by atoms with Gasteiger partial charge >= 0.3 is 0 Å². The van der Waals surface area contributed by atoms with Crippen LogP contribution in [-0.4, -0.2) is 4.43 Å². The molecule has 0 saturated heterocycles. The van der Waals surface area contributed by atoms with Gasteiger partial charge in [-0.2, -0.15) is 0 Å². The van der Waals surface area contributed by atoms with Crippen LogP contribution >= 0.6 is 38.5 Å². The zero-order valence-corrected chi connectivity index (χ0v) is 7.78. The van der Waals surface area contributed by atoms with Gasteiger partial charge in [0, 0.05) is 0 Å². The average molecular weight is 275 g/mol. The Hall–Kier alpha value is 0.950. The third-order valence-corrected chi connectivity index (χ3v) is 1.73. The smallest absolute Gasteiger partial charge is 0.000178 e. The summed E-state index contributed by atoms with van der Waals surface area (Å²) in [4.78, 5) is 1.92. The van der Waals surface area contributed by atoms with E-state index >= 15 is 0 Å². The Labute approximate surface area is 66.6 Å². The monoisotopic (exact) mass is 274 g/mol. The standard InChI is InChI=1S/C5H8BrI/c6-4-2-1-3-5-7/h2,4H,1,3,5H2. The van der Waals surface area contributed by atoms with Gasteiger partial charge in [-0.1, -0.05) is 44.6 Å². The van der Waals surface area contributed by atoms with Crippen molar-refractivity contribution in [1.82, 2.24) is 0 Å². The Morgan fingerprint density at radius 2 is 2.29 bits per heavy atom. The molecule has 0 aromatic heterocycles. The van der Waals surface area contributed by atoms with Crippen LogP contribution in [0, 0.1) is 0 Å². The molecule has 0 saturated carbocycles. The number of halogens is 2. The largest absolute Gasteiger partial charge is 0.0864 e. The minimum absolute atomic E-state index is 1.20. The van der Waals surface area contributed by atoms with Crippen LogP contribution in [0.15, 0.2) is 11.1 Å². The van der Waals surface area contributed by atoms with E-state index in [1.807, 2.05) is 4.99 Å². The summed E-state index contributed by atoms with van der Waals surface area (Å²) in [5, 5.41) is 0. The molecule has 0 N–H and O–H groups in total. The van der Waals surface area contributed by atoms with E-state index in [9.17, 15) is 0 Å². The molecule has 2 heteroatoms. The highest BCUT2D eigenvalue weighted by Crippen LogP contribution is 1.96. The van der Waals surface area contributed by atoms with Gasteiger partial charge in [-0.3, -0.25) is 0 Å². The summed E-state index contributed by atoms with van der Waals surface area (Å²) in [7, 11) is 0. The fraction of sp³-hybridized carbons (Fsp3) is 0.600. The molecule has 0 unspecified atom stereocenters. The number of unbranched alkanes of at least 4 members (excludes halogenated alkanes) is 1.